The molecule has 0 aliphatic heterocycles. The first-order valence-electron chi connectivity index (χ1n) is 7.87. The van der Waals surface area contributed by atoms with E-state index in [1.165, 1.54) is 6.33 Å². The summed E-state index contributed by atoms with van der Waals surface area (Å²) in [6.07, 6.45) is 6.47. The Labute approximate surface area is 127 Å². The molecular formula is C16H27N3O2. The van der Waals surface area contributed by atoms with Crippen molar-refractivity contribution in [3.05, 3.63) is 12.2 Å². The fourth-order valence-corrected chi connectivity index (χ4v) is 3.06. The molecule has 0 atom stereocenters. The minimum Gasteiger partial charge on any atom is -0.370 e. The van der Waals surface area contributed by atoms with Crippen molar-refractivity contribution in [2.45, 2.75) is 71.4 Å². The van der Waals surface area contributed by atoms with Crippen LogP contribution in [0.1, 0.15) is 58.7 Å². The Morgan fingerprint density at radius 3 is 2.57 bits per heavy atom. The molecule has 1 aromatic rings. The average Bonchev–Trinajstić information content (AvgIpc) is 2.87. The van der Waals surface area contributed by atoms with Crippen LogP contribution in [0.2, 0.25) is 0 Å². The van der Waals surface area contributed by atoms with Gasteiger partial charge in [0.1, 0.15) is 17.8 Å². The van der Waals surface area contributed by atoms with Crippen molar-refractivity contribution in [2.75, 3.05) is 7.11 Å². The first-order chi connectivity index (χ1) is 9.92. The molecule has 0 amide bonds. The van der Waals surface area contributed by atoms with Gasteiger partial charge in [-0.15, -0.1) is 0 Å². The molecule has 1 aromatic heterocycles. The Bertz CT molecular complexity index is 483. The van der Waals surface area contributed by atoms with E-state index in [1.54, 1.807) is 7.11 Å². The van der Waals surface area contributed by atoms with E-state index >= 15 is 0 Å². The first kappa shape index (κ1) is 16.1. The lowest BCUT2D eigenvalue weighted by Crippen LogP contribution is -2.46. The van der Waals surface area contributed by atoms with Crippen LogP contribution in [0, 0.1) is 5.41 Å². The fraction of sp³-hybridized carbons (Fsp3) is 0.812. The van der Waals surface area contributed by atoms with Gasteiger partial charge < -0.3 is 4.74 Å². The third-order valence-corrected chi connectivity index (χ3v) is 4.76. The van der Waals surface area contributed by atoms with Crippen LogP contribution in [0.3, 0.4) is 0 Å². The second-order valence-electron chi connectivity index (χ2n) is 6.86. The summed E-state index contributed by atoms with van der Waals surface area (Å²) in [7, 11) is 1.66. The van der Waals surface area contributed by atoms with Crippen molar-refractivity contribution >= 4 is 5.78 Å². The van der Waals surface area contributed by atoms with Gasteiger partial charge in [0.25, 0.3) is 0 Å². The molecule has 0 spiro atoms. The highest BCUT2D eigenvalue weighted by Gasteiger charge is 2.44. The van der Waals surface area contributed by atoms with Gasteiger partial charge in [0.05, 0.1) is 6.42 Å². The molecule has 21 heavy (non-hydrogen) atoms. The topological polar surface area (TPSA) is 57.0 Å². The standard InChI is InChI=1S/C16H27N3O2/c1-5-10-19-14(17-12-18-19)11-13(20)16(21-4)8-6-15(2,3)7-9-16/h12H,5-11H2,1-4H3. The molecule has 0 aromatic carbocycles. The second kappa shape index (κ2) is 6.26. The molecule has 118 valence electrons. The van der Waals surface area contributed by atoms with Gasteiger partial charge in [-0.25, -0.2) is 9.67 Å². The van der Waals surface area contributed by atoms with E-state index in [0.29, 0.717) is 11.8 Å². The maximum absolute atomic E-state index is 12.8. The van der Waals surface area contributed by atoms with Gasteiger partial charge in [0.2, 0.25) is 0 Å². The quantitative estimate of drug-likeness (QED) is 0.809. The summed E-state index contributed by atoms with van der Waals surface area (Å²) in [4.78, 5) is 17.0. The molecule has 0 bridgehead atoms. The maximum Gasteiger partial charge on any atom is 0.172 e. The molecule has 2 rings (SSSR count). The van der Waals surface area contributed by atoms with E-state index in [9.17, 15) is 4.79 Å². The first-order valence-corrected chi connectivity index (χ1v) is 7.87. The van der Waals surface area contributed by atoms with Crippen LogP contribution in [-0.2, 0) is 22.5 Å². The summed E-state index contributed by atoms with van der Waals surface area (Å²) < 4.78 is 7.50. The highest BCUT2D eigenvalue weighted by atomic mass is 16.5. The van der Waals surface area contributed by atoms with Crippen LogP contribution in [0.4, 0.5) is 0 Å². The molecule has 0 radical (unpaired) electrons. The van der Waals surface area contributed by atoms with Gasteiger partial charge in [-0.05, 0) is 37.5 Å². The number of methoxy groups -OCH3 is 1. The van der Waals surface area contributed by atoms with Crippen LogP contribution in [0.15, 0.2) is 6.33 Å². The van der Waals surface area contributed by atoms with Gasteiger partial charge >= 0.3 is 0 Å². The number of aryl methyl sites for hydroxylation is 1. The SMILES string of the molecule is CCCn1ncnc1CC(=O)C1(OC)CCC(C)(C)CC1. The van der Waals surface area contributed by atoms with E-state index in [2.05, 4.69) is 30.9 Å². The largest absolute Gasteiger partial charge is 0.370 e. The summed E-state index contributed by atoms with van der Waals surface area (Å²) >= 11 is 0. The predicted molar refractivity (Wildman–Crippen MR) is 81.0 cm³/mol. The van der Waals surface area contributed by atoms with Crippen LogP contribution in [-0.4, -0.2) is 33.3 Å². The molecule has 1 saturated carbocycles. The van der Waals surface area contributed by atoms with Gasteiger partial charge in [-0.1, -0.05) is 20.8 Å². The fourth-order valence-electron chi connectivity index (χ4n) is 3.06. The highest BCUT2D eigenvalue weighted by Crippen LogP contribution is 2.42. The third kappa shape index (κ3) is 3.51. The van der Waals surface area contributed by atoms with E-state index < -0.39 is 5.60 Å². The van der Waals surface area contributed by atoms with E-state index in [-0.39, 0.29) is 5.78 Å². The van der Waals surface area contributed by atoms with Crippen molar-refractivity contribution in [1.82, 2.24) is 14.8 Å². The van der Waals surface area contributed by atoms with E-state index in [0.717, 1.165) is 44.5 Å². The maximum atomic E-state index is 12.8. The summed E-state index contributed by atoms with van der Waals surface area (Å²) in [6.45, 7) is 7.41. The van der Waals surface area contributed by atoms with Crippen molar-refractivity contribution < 1.29 is 9.53 Å². The van der Waals surface area contributed by atoms with Crippen molar-refractivity contribution in [3.63, 3.8) is 0 Å². The number of hydrogen-bond donors (Lipinski definition) is 0. The zero-order chi connectivity index (χ0) is 15.5. The van der Waals surface area contributed by atoms with Gasteiger partial charge in [-0.3, -0.25) is 4.79 Å². The summed E-state index contributed by atoms with van der Waals surface area (Å²) in [5, 5.41) is 4.19. The molecule has 1 aliphatic carbocycles. The number of Topliss-reactive ketones (excluding diaryl/α,β-unsaturated/α-hetero) is 1. The Morgan fingerprint density at radius 1 is 1.33 bits per heavy atom. The average molecular weight is 293 g/mol. The van der Waals surface area contributed by atoms with Gasteiger partial charge in [-0.2, -0.15) is 5.10 Å². The summed E-state index contributed by atoms with van der Waals surface area (Å²) in [5.41, 5.74) is -0.316. The monoisotopic (exact) mass is 293 g/mol. The minimum atomic E-state index is -0.626. The lowest BCUT2D eigenvalue weighted by atomic mass is 9.69. The number of carbonyl (C=O) groups is 1. The zero-order valence-corrected chi connectivity index (χ0v) is 13.7. The number of ketones is 1. The zero-order valence-electron chi connectivity index (χ0n) is 13.7. The molecule has 0 unspecified atom stereocenters. The molecule has 1 heterocycles. The minimum absolute atomic E-state index is 0.144. The number of carbonyl (C=O) groups excluding carboxylic acids is 1. The lowest BCUT2D eigenvalue weighted by Gasteiger charge is -2.41. The normalized spacial score (nSPS) is 20.4. The van der Waals surface area contributed by atoms with E-state index in [1.807, 2.05) is 4.68 Å². The van der Waals surface area contributed by atoms with Crippen molar-refractivity contribution in [2.24, 2.45) is 5.41 Å². The molecule has 1 aliphatic rings. The Kier molecular flexibility index (Phi) is 4.81. The number of ether oxygens (including phenoxy) is 1. The highest BCUT2D eigenvalue weighted by molar-refractivity contribution is 5.88. The third-order valence-electron chi connectivity index (χ3n) is 4.76. The Balaban J connectivity index is 2.09. The number of hydrogen-bond acceptors (Lipinski definition) is 4. The summed E-state index contributed by atoms with van der Waals surface area (Å²) in [6, 6.07) is 0. The number of nitrogens with zero attached hydrogens (tertiary/aromatic N) is 3. The predicted octanol–water partition coefficient (Wildman–Crippen LogP) is 2.79. The van der Waals surface area contributed by atoms with Crippen LogP contribution >= 0.6 is 0 Å². The summed E-state index contributed by atoms with van der Waals surface area (Å²) in [5.74, 6) is 0.897. The van der Waals surface area contributed by atoms with Gasteiger partial charge in [0, 0.05) is 13.7 Å². The van der Waals surface area contributed by atoms with Crippen LogP contribution < -0.4 is 0 Å². The number of rotatable bonds is 6. The molecule has 0 saturated heterocycles. The van der Waals surface area contributed by atoms with Crippen LogP contribution in [0.5, 0.6) is 0 Å². The van der Waals surface area contributed by atoms with Crippen molar-refractivity contribution in [1.29, 1.82) is 0 Å². The second-order valence-corrected chi connectivity index (χ2v) is 6.86. The van der Waals surface area contributed by atoms with Crippen LogP contribution in [0.25, 0.3) is 0 Å². The molecule has 5 heteroatoms. The Morgan fingerprint density at radius 2 is 2.00 bits per heavy atom. The number of aromatic nitrogens is 3. The Hall–Kier alpha value is -1.23. The molecular weight excluding hydrogens is 266 g/mol. The molecule has 1 fully saturated rings. The molecule has 0 N–H and O–H groups in total. The smallest absolute Gasteiger partial charge is 0.172 e. The molecule has 5 nitrogen and oxygen atoms in total. The van der Waals surface area contributed by atoms with Crippen molar-refractivity contribution in [3.8, 4) is 0 Å². The van der Waals surface area contributed by atoms with E-state index in [4.69, 9.17) is 4.74 Å². The van der Waals surface area contributed by atoms with Gasteiger partial charge in [0.15, 0.2) is 5.78 Å². The lowest BCUT2D eigenvalue weighted by molar-refractivity contribution is -0.147.